The molecule has 9 nitrogen and oxygen atoms in total. The van der Waals surface area contributed by atoms with E-state index >= 15 is 0 Å². The number of benzene rings is 1. The SMILES string of the molecule is COC(=O)CCCOc1ccc(Cl)cc1CC1N2CCN(CC2)N1C(C(=O)O)C(=O)CC12CC3CC(CC(C3)C1)C2. The highest BCUT2D eigenvalue weighted by atomic mass is 35.5. The summed E-state index contributed by atoms with van der Waals surface area (Å²) in [5.41, 5.74) is 0.842. The first-order valence-electron chi connectivity index (χ1n) is 15.2. The lowest BCUT2D eigenvalue weighted by molar-refractivity contribution is -0.219. The van der Waals surface area contributed by atoms with E-state index in [0.29, 0.717) is 67.5 Å². The molecule has 2 unspecified atom stereocenters. The molecule has 8 rings (SSSR count). The van der Waals surface area contributed by atoms with E-state index in [2.05, 4.69) is 9.91 Å². The Balaban J connectivity index is 1.21. The van der Waals surface area contributed by atoms with Gasteiger partial charge in [0.25, 0.3) is 0 Å². The van der Waals surface area contributed by atoms with E-state index in [1.54, 1.807) is 6.07 Å². The maximum Gasteiger partial charge on any atom is 0.330 e. The van der Waals surface area contributed by atoms with Crippen LogP contribution in [0.1, 0.15) is 63.4 Å². The number of aliphatic carboxylic acids is 1. The van der Waals surface area contributed by atoms with Gasteiger partial charge in [-0.15, -0.1) is 0 Å². The van der Waals surface area contributed by atoms with Gasteiger partial charge >= 0.3 is 11.9 Å². The third-order valence-corrected chi connectivity index (χ3v) is 10.5. The lowest BCUT2D eigenvalue weighted by Crippen LogP contribution is -2.74. The number of carbonyl (C=O) groups is 3. The van der Waals surface area contributed by atoms with Crippen molar-refractivity contribution in [3.63, 3.8) is 0 Å². The Hall–Kier alpha value is -2.20. The van der Waals surface area contributed by atoms with Crippen molar-refractivity contribution in [1.82, 2.24) is 14.9 Å². The maximum absolute atomic E-state index is 14.1. The van der Waals surface area contributed by atoms with E-state index in [9.17, 15) is 19.5 Å². The average molecular weight is 588 g/mol. The molecule has 0 radical (unpaired) electrons. The largest absolute Gasteiger partial charge is 0.493 e. The van der Waals surface area contributed by atoms with Gasteiger partial charge in [-0.2, -0.15) is 0 Å². The van der Waals surface area contributed by atoms with Crippen LogP contribution in [0.3, 0.4) is 0 Å². The molecule has 3 saturated heterocycles. The number of methoxy groups -OCH3 is 1. The van der Waals surface area contributed by atoms with Crippen molar-refractivity contribution in [2.24, 2.45) is 23.2 Å². The fraction of sp³-hybridized carbons (Fsp3) is 0.710. The summed E-state index contributed by atoms with van der Waals surface area (Å²) < 4.78 is 10.8. The van der Waals surface area contributed by atoms with E-state index in [4.69, 9.17) is 21.1 Å². The summed E-state index contributed by atoms with van der Waals surface area (Å²) in [5.74, 6) is 1.29. The number of hydrogen-bond donors (Lipinski definition) is 1. The van der Waals surface area contributed by atoms with Gasteiger partial charge in [0.05, 0.1) is 19.9 Å². The number of nitrogens with zero attached hydrogens (tertiary/aromatic N) is 3. The summed E-state index contributed by atoms with van der Waals surface area (Å²) in [7, 11) is 1.37. The number of carboxylic acids is 1. The number of esters is 1. The van der Waals surface area contributed by atoms with Crippen molar-refractivity contribution >= 4 is 29.3 Å². The van der Waals surface area contributed by atoms with Crippen LogP contribution in [-0.2, 0) is 25.5 Å². The predicted octanol–water partition coefficient (Wildman–Crippen LogP) is 4.02. The predicted molar refractivity (Wildman–Crippen MR) is 152 cm³/mol. The summed E-state index contributed by atoms with van der Waals surface area (Å²) in [6.45, 7) is 3.38. The molecule has 7 fully saturated rings. The number of fused-ring (bicyclic) bond motifs is 3. The van der Waals surface area contributed by atoms with Gasteiger partial charge in [0, 0.05) is 50.5 Å². The second-order valence-corrected chi connectivity index (χ2v) is 13.6. The molecule has 3 aliphatic heterocycles. The molecule has 1 aromatic carbocycles. The van der Waals surface area contributed by atoms with Crippen LogP contribution in [0.15, 0.2) is 18.2 Å². The van der Waals surface area contributed by atoms with Crippen molar-refractivity contribution in [2.45, 2.75) is 76.4 Å². The van der Waals surface area contributed by atoms with Crippen LogP contribution in [0.25, 0.3) is 0 Å². The second kappa shape index (κ2) is 11.8. The van der Waals surface area contributed by atoms with E-state index in [1.807, 2.05) is 17.1 Å². The minimum atomic E-state index is -1.21. The van der Waals surface area contributed by atoms with Gasteiger partial charge in [-0.3, -0.25) is 14.5 Å². The highest BCUT2D eigenvalue weighted by Crippen LogP contribution is 2.61. The molecule has 2 atom stereocenters. The Bertz CT molecular complexity index is 1130. The standard InChI is InChI=1S/C31H42ClN3O6/c1-40-28(37)3-2-10-41-26-5-4-24(32)14-23(26)15-27-33-6-8-34(9-7-33)35(27)29(30(38)39)25(36)19-31-16-20-11-21(17-31)13-22(12-20)18-31/h4-5,14,20-22,27,29H,2-3,6-13,15-19H2,1H3,(H,38,39). The normalized spacial score (nSPS) is 34.4. The number of carboxylic acid groups (broad SMARTS) is 1. The molecule has 4 aliphatic carbocycles. The van der Waals surface area contributed by atoms with Crippen molar-refractivity contribution in [3.8, 4) is 5.75 Å². The monoisotopic (exact) mass is 587 g/mol. The van der Waals surface area contributed by atoms with Crippen molar-refractivity contribution in [1.29, 1.82) is 0 Å². The number of carbonyl (C=O) groups excluding carboxylic acids is 2. The molecule has 0 spiro atoms. The van der Waals surface area contributed by atoms with E-state index in [1.165, 1.54) is 26.4 Å². The molecule has 41 heavy (non-hydrogen) atoms. The van der Waals surface area contributed by atoms with Gasteiger partial charge in [-0.05, 0) is 91.9 Å². The van der Waals surface area contributed by atoms with E-state index in [0.717, 1.165) is 37.9 Å². The van der Waals surface area contributed by atoms with Crippen LogP contribution in [0, 0.1) is 23.2 Å². The Kier molecular flexibility index (Phi) is 8.33. The van der Waals surface area contributed by atoms with Gasteiger partial charge in [-0.1, -0.05) is 11.6 Å². The fourth-order valence-corrected chi connectivity index (χ4v) is 9.27. The molecular formula is C31H42ClN3O6. The minimum absolute atomic E-state index is 0.0163. The number of ketones is 1. The van der Waals surface area contributed by atoms with Crippen LogP contribution in [0.5, 0.6) is 5.75 Å². The van der Waals surface area contributed by atoms with Crippen LogP contribution in [-0.4, -0.2) is 89.8 Å². The van der Waals surface area contributed by atoms with Crippen LogP contribution >= 0.6 is 11.6 Å². The van der Waals surface area contributed by atoms with Gasteiger partial charge < -0.3 is 14.6 Å². The molecule has 7 aliphatic rings. The first kappa shape index (κ1) is 28.9. The number of hydrazine groups is 1. The number of rotatable bonds is 12. The zero-order chi connectivity index (χ0) is 28.7. The Morgan fingerprint density at radius 2 is 1.71 bits per heavy atom. The molecule has 10 heteroatoms. The lowest BCUT2D eigenvalue weighted by atomic mass is 9.48. The quantitative estimate of drug-likeness (QED) is 0.221. The molecule has 224 valence electrons. The number of ether oxygens (including phenoxy) is 2. The summed E-state index contributed by atoms with van der Waals surface area (Å²) in [4.78, 5) is 40.7. The van der Waals surface area contributed by atoms with Gasteiger partial charge in [0.15, 0.2) is 11.8 Å². The van der Waals surface area contributed by atoms with Crippen molar-refractivity contribution < 1.29 is 29.0 Å². The summed E-state index contributed by atoms with van der Waals surface area (Å²) in [6.07, 6.45) is 8.44. The fourth-order valence-electron chi connectivity index (χ4n) is 9.07. The zero-order valence-electron chi connectivity index (χ0n) is 23.9. The van der Waals surface area contributed by atoms with Crippen LogP contribution in [0.2, 0.25) is 5.02 Å². The van der Waals surface area contributed by atoms with Crippen LogP contribution in [0.4, 0.5) is 0 Å². The molecule has 1 N–H and O–H groups in total. The molecule has 3 heterocycles. The minimum Gasteiger partial charge on any atom is -0.493 e. The van der Waals surface area contributed by atoms with E-state index in [-0.39, 0.29) is 29.8 Å². The number of piperazine rings is 1. The van der Waals surface area contributed by atoms with Gasteiger partial charge in [0.1, 0.15) is 5.75 Å². The van der Waals surface area contributed by atoms with Gasteiger partial charge in [-0.25, -0.2) is 14.8 Å². The van der Waals surface area contributed by atoms with Crippen molar-refractivity contribution in [2.75, 3.05) is 39.9 Å². The van der Waals surface area contributed by atoms with Crippen molar-refractivity contribution in [3.05, 3.63) is 28.8 Å². The molecular weight excluding hydrogens is 546 g/mol. The Morgan fingerprint density at radius 1 is 1.05 bits per heavy atom. The molecule has 1 aromatic rings. The number of halogens is 1. The first-order valence-corrected chi connectivity index (χ1v) is 15.6. The lowest BCUT2D eigenvalue weighted by Gasteiger charge is -2.58. The van der Waals surface area contributed by atoms with E-state index < -0.39 is 12.0 Å². The Morgan fingerprint density at radius 3 is 2.32 bits per heavy atom. The number of hydrogen-bond acceptors (Lipinski definition) is 8. The summed E-state index contributed by atoms with van der Waals surface area (Å²) in [6, 6.07) is 4.24. The number of Topliss-reactive ketones (excluding diaryl/α,β-unsaturated/α-hetero) is 1. The Labute approximate surface area is 247 Å². The zero-order valence-corrected chi connectivity index (χ0v) is 24.7. The van der Waals surface area contributed by atoms with Crippen LogP contribution < -0.4 is 4.74 Å². The second-order valence-electron chi connectivity index (χ2n) is 13.1. The molecule has 6 bridgehead atoms. The third kappa shape index (κ3) is 6.01. The first-order chi connectivity index (χ1) is 19.7. The third-order valence-electron chi connectivity index (χ3n) is 10.3. The molecule has 0 aromatic heterocycles. The highest BCUT2D eigenvalue weighted by molar-refractivity contribution is 6.30. The maximum atomic E-state index is 14.1. The highest BCUT2D eigenvalue weighted by Gasteiger charge is 2.54. The topological polar surface area (TPSA) is 99.6 Å². The van der Waals surface area contributed by atoms with Gasteiger partial charge in [0.2, 0.25) is 0 Å². The average Bonchev–Trinajstić information content (AvgIpc) is 2.92. The smallest absolute Gasteiger partial charge is 0.330 e. The summed E-state index contributed by atoms with van der Waals surface area (Å²) in [5, 5.41) is 15.1. The molecule has 4 saturated carbocycles. The summed E-state index contributed by atoms with van der Waals surface area (Å²) >= 11 is 6.40. The molecule has 0 amide bonds.